The van der Waals surface area contributed by atoms with Crippen molar-refractivity contribution < 1.29 is 13.5 Å². The van der Waals surface area contributed by atoms with Gasteiger partial charge in [-0.05, 0) is 45.3 Å². The number of likely N-dealkylation sites (tertiary alicyclic amines) is 1. The van der Waals surface area contributed by atoms with Crippen molar-refractivity contribution in [2.75, 3.05) is 46.9 Å². The first-order chi connectivity index (χ1) is 8.45. The second kappa shape index (κ2) is 7.40. The lowest BCUT2D eigenvalue weighted by molar-refractivity contribution is 0.220. The lowest BCUT2D eigenvalue weighted by Gasteiger charge is -2.29. The summed E-state index contributed by atoms with van der Waals surface area (Å²) in [6, 6.07) is 0. The molecule has 0 aromatic rings. The van der Waals surface area contributed by atoms with Crippen LogP contribution in [0, 0.1) is 5.92 Å². The third-order valence-corrected chi connectivity index (χ3v) is 4.97. The lowest BCUT2D eigenvalue weighted by Crippen LogP contribution is -2.42. The summed E-state index contributed by atoms with van der Waals surface area (Å²) in [5.74, 6) is 0.433. The van der Waals surface area contributed by atoms with Gasteiger partial charge < -0.3 is 10.0 Å². The van der Waals surface area contributed by atoms with Crippen molar-refractivity contribution in [1.82, 2.24) is 13.9 Å². The Morgan fingerprint density at radius 3 is 2.56 bits per heavy atom. The van der Waals surface area contributed by atoms with Crippen LogP contribution >= 0.6 is 0 Å². The van der Waals surface area contributed by atoms with E-state index in [1.165, 1.54) is 11.4 Å². The molecule has 0 unspecified atom stereocenters. The molecule has 1 aliphatic rings. The number of nitrogens with one attached hydrogen (secondary N) is 1. The predicted molar refractivity (Wildman–Crippen MR) is 71.5 cm³/mol. The summed E-state index contributed by atoms with van der Waals surface area (Å²) in [6.07, 6.45) is 2.55. The number of aliphatic hydroxyl groups excluding tert-OH is 1. The van der Waals surface area contributed by atoms with Gasteiger partial charge in [-0.3, -0.25) is 0 Å². The Balaban J connectivity index is 2.32. The van der Waals surface area contributed by atoms with Gasteiger partial charge in [0.25, 0.3) is 10.2 Å². The Morgan fingerprint density at radius 2 is 2.00 bits per heavy atom. The van der Waals surface area contributed by atoms with Crippen LogP contribution in [0.1, 0.15) is 19.3 Å². The monoisotopic (exact) mass is 279 g/mol. The molecular weight excluding hydrogens is 254 g/mol. The summed E-state index contributed by atoms with van der Waals surface area (Å²) >= 11 is 0. The molecule has 2 N–H and O–H groups in total. The maximum atomic E-state index is 11.9. The molecule has 1 saturated heterocycles. The summed E-state index contributed by atoms with van der Waals surface area (Å²) in [7, 11) is 0.234. The first kappa shape index (κ1) is 15.8. The van der Waals surface area contributed by atoms with Gasteiger partial charge in [0.15, 0.2) is 0 Å². The predicted octanol–water partition coefficient (Wildman–Crippen LogP) is -0.523. The molecule has 1 fully saturated rings. The summed E-state index contributed by atoms with van der Waals surface area (Å²) in [6.45, 7) is 2.94. The fourth-order valence-corrected chi connectivity index (χ4v) is 3.05. The molecule has 0 saturated carbocycles. The van der Waals surface area contributed by atoms with Crippen molar-refractivity contribution in [1.29, 1.82) is 0 Å². The topological polar surface area (TPSA) is 72.9 Å². The largest absolute Gasteiger partial charge is 0.396 e. The SMILES string of the molecule is CN1CCC(CNS(=O)(=O)N(C)CCCO)CC1. The van der Waals surface area contributed by atoms with E-state index in [4.69, 9.17) is 5.11 Å². The minimum Gasteiger partial charge on any atom is -0.396 e. The van der Waals surface area contributed by atoms with Gasteiger partial charge in [0.2, 0.25) is 0 Å². The van der Waals surface area contributed by atoms with Crippen molar-refractivity contribution in [2.45, 2.75) is 19.3 Å². The number of hydrogen-bond donors (Lipinski definition) is 2. The Hall–Kier alpha value is -0.210. The standard InChI is InChI=1S/C11H25N3O3S/c1-13-7-4-11(5-8-13)10-12-18(16,17)14(2)6-3-9-15/h11-12,15H,3-10H2,1-2H3. The van der Waals surface area contributed by atoms with E-state index in [9.17, 15) is 8.42 Å². The maximum Gasteiger partial charge on any atom is 0.279 e. The quantitative estimate of drug-likeness (QED) is 0.657. The van der Waals surface area contributed by atoms with Crippen LogP contribution in [-0.4, -0.2) is 69.6 Å². The van der Waals surface area contributed by atoms with E-state index in [1.54, 1.807) is 0 Å². The molecule has 0 aromatic carbocycles. The molecule has 1 heterocycles. The van der Waals surface area contributed by atoms with Crippen molar-refractivity contribution in [3.05, 3.63) is 0 Å². The zero-order chi connectivity index (χ0) is 13.6. The Morgan fingerprint density at radius 1 is 1.39 bits per heavy atom. The number of nitrogens with zero attached hydrogens (tertiary/aromatic N) is 2. The Bertz CT molecular complexity index is 326. The highest BCUT2D eigenvalue weighted by Gasteiger charge is 2.21. The van der Waals surface area contributed by atoms with E-state index in [1.807, 2.05) is 0 Å². The number of piperidine rings is 1. The minimum absolute atomic E-state index is 0.00875. The van der Waals surface area contributed by atoms with Crippen molar-refractivity contribution >= 4 is 10.2 Å². The fourth-order valence-electron chi connectivity index (χ4n) is 2.01. The van der Waals surface area contributed by atoms with Gasteiger partial charge in [-0.2, -0.15) is 12.7 Å². The third-order valence-electron chi connectivity index (χ3n) is 3.43. The summed E-state index contributed by atoms with van der Waals surface area (Å²) in [4.78, 5) is 2.26. The highest BCUT2D eigenvalue weighted by Crippen LogP contribution is 2.15. The molecule has 108 valence electrons. The van der Waals surface area contributed by atoms with Crippen molar-refractivity contribution in [3.63, 3.8) is 0 Å². The van der Waals surface area contributed by atoms with Crippen LogP contribution in [0.4, 0.5) is 0 Å². The summed E-state index contributed by atoms with van der Waals surface area (Å²) < 4.78 is 27.6. The number of aliphatic hydroxyl groups is 1. The zero-order valence-electron chi connectivity index (χ0n) is 11.3. The van der Waals surface area contributed by atoms with Crippen molar-refractivity contribution in [2.24, 2.45) is 5.92 Å². The summed E-state index contributed by atoms with van der Waals surface area (Å²) in [5.41, 5.74) is 0. The van der Waals surface area contributed by atoms with Crippen LogP contribution in [-0.2, 0) is 10.2 Å². The molecule has 0 spiro atoms. The average Bonchev–Trinajstić information content (AvgIpc) is 2.35. The van der Waals surface area contributed by atoms with Crippen molar-refractivity contribution in [3.8, 4) is 0 Å². The molecule has 1 aliphatic heterocycles. The molecule has 0 radical (unpaired) electrons. The molecule has 0 aromatic heterocycles. The van der Waals surface area contributed by atoms with E-state index in [0.717, 1.165) is 25.9 Å². The first-order valence-electron chi connectivity index (χ1n) is 6.46. The van der Waals surface area contributed by atoms with Crippen LogP contribution in [0.2, 0.25) is 0 Å². The third kappa shape index (κ3) is 5.19. The fraction of sp³-hybridized carbons (Fsp3) is 1.00. The normalized spacial score (nSPS) is 19.6. The molecule has 6 nitrogen and oxygen atoms in total. The molecule has 0 aliphatic carbocycles. The Labute approximate surface area is 110 Å². The van der Waals surface area contributed by atoms with E-state index in [0.29, 0.717) is 25.4 Å². The van der Waals surface area contributed by atoms with E-state index < -0.39 is 10.2 Å². The molecule has 18 heavy (non-hydrogen) atoms. The van der Waals surface area contributed by atoms with Gasteiger partial charge in [-0.1, -0.05) is 0 Å². The van der Waals surface area contributed by atoms with Crippen LogP contribution in [0.5, 0.6) is 0 Å². The van der Waals surface area contributed by atoms with Gasteiger partial charge in [0.05, 0.1) is 0 Å². The maximum absolute atomic E-state index is 11.9. The Kier molecular flexibility index (Phi) is 6.51. The highest BCUT2D eigenvalue weighted by atomic mass is 32.2. The van der Waals surface area contributed by atoms with E-state index in [-0.39, 0.29) is 6.61 Å². The number of hydrogen-bond acceptors (Lipinski definition) is 4. The van der Waals surface area contributed by atoms with Gasteiger partial charge in [-0.15, -0.1) is 0 Å². The first-order valence-corrected chi connectivity index (χ1v) is 7.90. The molecule has 1 rings (SSSR count). The van der Waals surface area contributed by atoms with E-state index >= 15 is 0 Å². The van der Waals surface area contributed by atoms with Gasteiger partial charge in [-0.25, -0.2) is 4.72 Å². The molecule has 7 heteroatoms. The highest BCUT2D eigenvalue weighted by molar-refractivity contribution is 7.87. The summed E-state index contributed by atoms with van der Waals surface area (Å²) in [5, 5.41) is 8.69. The van der Waals surface area contributed by atoms with Crippen LogP contribution in [0.3, 0.4) is 0 Å². The van der Waals surface area contributed by atoms with Gasteiger partial charge in [0.1, 0.15) is 0 Å². The zero-order valence-corrected chi connectivity index (χ0v) is 12.1. The van der Waals surface area contributed by atoms with E-state index in [2.05, 4.69) is 16.7 Å². The van der Waals surface area contributed by atoms with Crippen LogP contribution in [0.15, 0.2) is 0 Å². The number of rotatable bonds is 7. The molecule has 0 bridgehead atoms. The molecule has 0 atom stereocenters. The van der Waals surface area contributed by atoms with Crippen LogP contribution in [0.25, 0.3) is 0 Å². The lowest BCUT2D eigenvalue weighted by atomic mass is 9.98. The minimum atomic E-state index is -3.39. The average molecular weight is 279 g/mol. The van der Waals surface area contributed by atoms with Crippen LogP contribution < -0.4 is 4.72 Å². The molecule has 0 amide bonds. The van der Waals surface area contributed by atoms with Gasteiger partial charge in [0, 0.05) is 26.7 Å². The second-order valence-corrected chi connectivity index (χ2v) is 6.86. The molecular formula is C11H25N3O3S. The van der Waals surface area contributed by atoms with Gasteiger partial charge >= 0.3 is 0 Å². The smallest absolute Gasteiger partial charge is 0.279 e. The second-order valence-electron chi connectivity index (χ2n) is 5.00.